The van der Waals surface area contributed by atoms with E-state index < -0.39 is 0 Å². The molecule has 0 saturated heterocycles. The van der Waals surface area contributed by atoms with Gasteiger partial charge >= 0.3 is 0 Å². The van der Waals surface area contributed by atoms with Crippen molar-refractivity contribution in [2.75, 3.05) is 18.5 Å². The summed E-state index contributed by atoms with van der Waals surface area (Å²) in [6.45, 7) is 5.39. The van der Waals surface area contributed by atoms with Gasteiger partial charge < -0.3 is 10.1 Å². The number of nitrogens with one attached hydrogen (secondary N) is 1. The van der Waals surface area contributed by atoms with Gasteiger partial charge in [-0.15, -0.1) is 0 Å². The number of rotatable bonds is 6. The van der Waals surface area contributed by atoms with Crippen LogP contribution in [0, 0.1) is 6.92 Å². The van der Waals surface area contributed by atoms with E-state index in [2.05, 4.69) is 21.4 Å². The summed E-state index contributed by atoms with van der Waals surface area (Å²) in [5, 5.41) is 3.34. The van der Waals surface area contributed by atoms with E-state index in [0.717, 1.165) is 24.6 Å². The molecule has 1 heterocycles. The van der Waals surface area contributed by atoms with Gasteiger partial charge in [-0.25, -0.2) is 4.98 Å². The fourth-order valence-corrected chi connectivity index (χ4v) is 2.17. The molecule has 1 aliphatic carbocycles. The molecule has 2 rings (SSSR count). The summed E-state index contributed by atoms with van der Waals surface area (Å²) >= 11 is 0. The second kappa shape index (κ2) is 6.38. The summed E-state index contributed by atoms with van der Waals surface area (Å²) in [4.78, 5) is 8.58. The van der Waals surface area contributed by atoms with E-state index in [1.54, 1.807) is 5.57 Å². The maximum Gasteiger partial charge on any atom is 0.218 e. The summed E-state index contributed by atoms with van der Waals surface area (Å²) in [5.74, 6) is 2.24. The maximum atomic E-state index is 5.40. The second-order valence-electron chi connectivity index (χ2n) is 4.50. The highest BCUT2D eigenvalue weighted by Crippen LogP contribution is 2.20. The zero-order chi connectivity index (χ0) is 12.8. The Balaban J connectivity index is 1.87. The van der Waals surface area contributed by atoms with Crippen LogP contribution in [0.25, 0.3) is 0 Å². The van der Waals surface area contributed by atoms with Gasteiger partial charge in [-0.2, -0.15) is 4.98 Å². The Morgan fingerprint density at radius 2 is 2.28 bits per heavy atom. The number of aromatic nitrogens is 2. The number of hydrogen-bond donors (Lipinski definition) is 1. The van der Waals surface area contributed by atoms with Crippen LogP contribution in [0.2, 0.25) is 0 Å². The SMILES string of the molecule is CCOc1cc(NCCC2=CCCC2)nc(C)n1. The molecule has 18 heavy (non-hydrogen) atoms. The highest BCUT2D eigenvalue weighted by molar-refractivity contribution is 5.38. The fourth-order valence-electron chi connectivity index (χ4n) is 2.17. The lowest BCUT2D eigenvalue weighted by Gasteiger charge is -2.09. The van der Waals surface area contributed by atoms with Crippen molar-refractivity contribution in [2.45, 2.75) is 39.5 Å². The van der Waals surface area contributed by atoms with Crippen molar-refractivity contribution in [3.8, 4) is 5.88 Å². The molecule has 0 atom stereocenters. The summed E-state index contributed by atoms with van der Waals surface area (Å²) in [6, 6.07) is 1.86. The van der Waals surface area contributed by atoms with Gasteiger partial charge in [-0.05, 0) is 39.5 Å². The Morgan fingerprint density at radius 3 is 3.00 bits per heavy atom. The zero-order valence-electron chi connectivity index (χ0n) is 11.2. The van der Waals surface area contributed by atoms with Crippen molar-refractivity contribution in [1.82, 2.24) is 9.97 Å². The molecule has 98 valence electrons. The first kappa shape index (κ1) is 12.9. The molecule has 4 nitrogen and oxygen atoms in total. The zero-order valence-corrected chi connectivity index (χ0v) is 11.2. The Kier molecular flexibility index (Phi) is 4.56. The van der Waals surface area contributed by atoms with E-state index in [9.17, 15) is 0 Å². The van der Waals surface area contributed by atoms with E-state index >= 15 is 0 Å². The molecule has 0 fully saturated rings. The molecule has 1 N–H and O–H groups in total. The number of anilines is 1. The first-order valence-electron chi connectivity index (χ1n) is 6.68. The van der Waals surface area contributed by atoms with E-state index in [-0.39, 0.29) is 0 Å². The minimum atomic E-state index is 0.628. The van der Waals surface area contributed by atoms with Gasteiger partial charge in [0.2, 0.25) is 5.88 Å². The lowest BCUT2D eigenvalue weighted by molar-refractivity contribution is 0.325. The third-order valence-electron chi connectivity index (χ3n) is 2.99. The van der Waals surface area contributed by atoms with Crippen LogP contribution in [-0.2, 0) is 0 Å². The fraction of sp³-hybridized carbons (Fsp3) is 0.571. The lowest BCUT2D eigenvalue weighted by atomic mass is 10.2. The van der Waals surface area contributed by atoms with Crippen molar-refractivity contribution in [3.63, 3.8) is 0 Å². The van der Waals surface area contributed by atoms with Crippen LogP contribution in [0.1, 0.15) is 38.4 Å². The minimum Gasteiger partial charge on any atom is -0.478 e. The highest BCUT2D eigenvalue weighted by Gasteiger charge is 2.05. The average Bonchev–Trinajstić information content (AvgIpc) is 2.82. The average molecular weight is 247 g/mol. The molecule has 4 heteroatoms. The Morgan fingerprint density at radius 1 is 1.39 bits per heavy atom. The summed E-state index contributed by atoms with van der Waals surface area (Å²) in [6.07, 6.45) is 7.28. The van der Waals surface area contributed by atoms with Gasteiger partial charge in [-0.1, -0.05) is 11.6 Å². The van der Waals surface area contributed by atoms with Crippen LogP contribution in [0.3, 0.4) is 0 Å². The molecule has 0 aliphatic heterocycles. The smallest absolute Gasteiger partial charge is 0.218 e. The normalized spacial score (nSPS) is 14.4. The van der Waals surface area contributed by atoms with Crippen LogP contribution in [0.15, 0.2) is 17.7 Å². The summed E-state index contributed by atoms with van der Waals surface area (Å²) in [7, 11) is 0. The minimum absolute atomic E-state index is 0.628. The molecule has 0 amide bonds. The van der Waals surface area contributed by atoms with Crippen LogP contribution in [0.4, 0.5) is 5.82 Å². The topological polar surface area (TPSA) is 47.0 Å². The molecule has 0 aromatic carbocycles. The predicted molar refractivity (Wildman–Crippen MR) is 73.0 cm³/mol. The van der Waals surface area contributed by atoms with Crippen molar-refractivity contribution in [3.05, 3.63) is 23.5 Å². The maximum absolute atomic E-state index is 5.40. The Labute approximate surface area is 108 Å². The van der Waals surface area contributed by atoms with E-state index in [1.807, 2.05) is 19.9 Å². The quantitative estimate of drug-likeness (QED) is 0.785. The highest BCUT2D eigenvalue weighted by atomic mass is 16.5. The third-order valence-corrected chi connectivity index (χ3v) is 2.99. The molecule has 0 radical (unpaired) electrons. The van der Waals surface area contributed by atoms with Gasteiger partial charge in [-0.3, -0.25) is 0 Å². The van der Waals surface area contributed by atoms with Gasteiger partial charge in [0.05, 0.1) is 6.61 Å². The Bertz CT molecular complexity index is 429. The number of nitrogens with zero attached hydrogens (tertiary/aromatic N) is 2. The van der Waals surface area contributed by atoms with Crippen molar-refractivity contribution in [1.29, 1.82) is 0 Å². The first-order chi connectivity index (χ1) is 8.78. The first-order valence-corrected chi connectivity index (χ1v) is 6.68. The van der Waals surface area contributed by atoms with E-state index in [1.165, 1.54) is 19.3 Å². The summed E-state index contributed by atoms with van der Waals surface area (Å²) < 4.78 is 5.40. The monoisotopic (exact) mass is 247 g/mol. The molecule has 1 aromatic rings. The molecule has 0 unspecified atom stereocenters. The third kappa shape index (κ3) is 3.72. The number of ether oxygens (including phenoxy) is 1. The van der Waals surface area contributed by atoms with Crippen molar-refractivity contribution < 1.29 is 4.74 Å². The van der Waals surface area contributed by atoms with Crippen molar-refractivity contribution >= 4 is 5.82 Å². The molecular formula is C14H21N3O. The standard InChI is InChI=1S/C14H21N3O/c1-3-18-14-10-13(16-11(2)17-14)15-9-8-12-6-4-5-7-12/h6,10H,3-5,7-9H2,1-2H3,(H,15,16,17). The molecule has 0 spiro atoms. The number of aryl methyl sites for hydroxylation is 1. The summed E-state index contributed by atoms with van der Waals surface area (Å²) in [5.41, 5.74) is 1.57. The molecule has 0 saturated carbocycles. The number of allylic oxidation sites excluding steroid dienone is 1. The van der Waals surface area contributed by atoms with Crippen LogP contribution in [0.5, 0.6) is 5.88 Å². The second-order valence-corrected chi connectivity index (χ2v) is 4.50. The molecular weight excluding hydrogens is 226 g/mol. The predicted octanol–water partition coefficient (Wildman–Crippen LogP) is 3.10. The Hall–Kier alpha value is -1.58. The van der Waals surface area contributed by atoms with Crippen LogP contribution in [-0.4, -0.2) is 23.1 Å². The van der Waals surface area contributed by atoms with Gasteiger partial charge in [0.15, 0.2) is 0 Å². The van der Waals surface area contributed by atoms with Crippen LogP contribution < -0.4 is 10.1 Å². The lowest BCUT2D eigenvalue weighted by Crippen LogP contribution is -2.06. The molecule has 1 aromatic heterocycles. The molecule has 0 bridgehead atoms. The van der Waals surface area contributed by atoms with Crippen LogP contribution >= 0.6 is 0 Å². The molecule has 1 aliphatic rings. The largest absolute Gasteiger partial charge is 0.478 e. The van der Waals surface area contributed by atoms with Gasteiger partial charge in [0.25, 0.3) is 0 Å². The van der Waals surface area contributed by atoms with E-state index in [0.29, 0.717) is 12.5 Å². The number of hydrogen-bond acceptors (Lipinski definition) is 4. The van der Waals surface area contributed by atoms with Crippen molar-refractivity contribution in [2.24, 2.45) is 0 Å². The van der Waals surface area contributed by atoms with Gasteiger partial charge in [0, 0.05) is 12.6 Å². The van der Waals surface area contributed by atoms with E-state index in [4.69, 9.17) is 4.74 Å². The van der Waals surface area contributed by atoms with Gasteiger partial charge in [0.1, 0.15) is 11.6 Å².